The van der Waals surface area contributed by atoms with Crippen LogP contribution in [0.25, 0.3) is 65.6 Å². The minimum Gasteiger partial charge on any atom is -0.248 e. The average molecular weight is 432 g/mol. The van der Waals surface area contributed by atoms with Gasteiger partial charge in [0.15, 0.2) is 0 Å². The molecule has 0 amide bonds. The normalized spacial score (nSPS) is 11.5. The van der Waals surface area contributed by atoms with Crippen LogP contribution in [0, 0.1) is 0 Å². The lowest BCUT2D eigenvalue weighted by Gasteiger charge is -2.10. The Balaban J connectivity index is 1.35. The van der Waals surface area contributed by atoms with Crippen molar-refractivity contribution in [2.75, 3.05) is 0 Å². The number of pyridine rings is 1. The van der Waals surface area contributed by atoms with Gasteiger partial charge in [-0.2, -0.15) is 0 Å². The maximum atomic E-state index is 5.02. The molecule has 1 heteroatoms. The second kappa shape index (κ2) is 7.54. The minimum atomic E-state index is 0.996. The second-order valence-corrected chi connectivity index (χ2v) is 8.89. The summed E-state index contributed by atoms with van der Waals surface area (Å²) in [5.41, 5.74) is 5.57. The van der Waals surface area contributed by atoms with Gasteiger partial charge in [0.05, 0.1) is 11.2 Å². The Morgan fingerprint density at radius 3 is 1.88 bits per heavy atom. The molecule has 0 unspecified atom stereocenters. The quantitative estimate of drug-likeness (QED) is 0.196. The van der Waals surface area contributed by atoms with E-state index in [0.717, 1.165) is 16.8 Å². The van der Waals surface area contributed by atoms with Crippen molar-refractivity contribution in [1.82, 2.24) is 4.98 Å². The van der Waals surface area contributed by atoms with Crippen LogP contribution in [-0.2, 0) is 0 Å². The monoisotopic (exact) mass is 431 g/mol. The third-order valence-corrected chi connectivity index (χ3v) is 6.80. The molecule has 0 aliphatic carbocycles. The van der Waals surface area contributed by atoms with Crippen LogP contribution in [0.5, 0.6) is 0 Å². The molecule has 0 saturated heterocycles. The lowest BCUT2D eigenvalue weighted by Crippen LogP contribution is -1.87. The molecule has 1 heterocycles. The molecule has 1 aromatic heterocycles. The number of benzene rings is 6. The summed E-state index contributed by atoms with van der Waals surface area (Å²) in [6, 6.07) is 45.7. The van der Waals surface area contributed by atoms with Gasteiger partial charge in [-0.3, -0.25) is 0 Å². The number of aromatic nitrogens is 1. The van der Waals surface area contributed by atoms with Crippen molar-refractivity contribution in [3.05, 3.63) is 127 Å². The molecule has 0 N–H and O–H groups in total. The summed E-state index contributed by atoms with van der Waals surface area (Å²) < 4.78 is 0. The summed E-state index contributed by atoms with van der Waals surface area (Å²) in [6.45, 7) is 0. The van der Waals surface area contributed by atoms with Crippen LogP contribution in [0.1, 0.15) is 0 Å². The molecule has 0 fully saturated rings. The van der Waals surface area contributed by atoms with E-state index in [-0.39, 0.29) is 0 Å². The zero-order valence-electron chi connectivity index (χ0n) is 18.6. The summed E-state index contributed by atoms with van der Waals surface area (Å²) in [5, 5.41) is 8.75. The van der Waals surface area contributed by atoms with Gasteiger partial charge in [0.25, 0.3) is 0 Å². The fourth-order valence-corrected chi connectivity index (χ4v) is 5.01. The van der Waals surface area contributed by atoms with Crippen LogP contribution in [0.3, 0.4) is 0 Å². The molecule has 0 aliphatic rings. The van der Waals surface area contributed by atoms with E-state index in [9.17, 15) is 0 Å². The lowest BCUT2D eigenvalue weighted by atomic mass is 9.96. The van der Waals surface area contributed by atoms with Crippen LogP contribution in [0.4, 0.5) is 0 Å². The topological polar surface area (TPSA) is 12.9 Å². The fraction of sp³-hybridized carbons (Fsp3) is 0. The first-order chi connectivity index (χ1) is 16.8. The van der Waals surface area contributed by atoms with Gasteiger partial charge in [-0.25, -0.2) is 4.98 Å². The summed E-state index contributed by atoms with van der Waals surface area (Å²) in [6.07, 6.45) is 0. The average Bonchev–Trinajstić information content (AvgIpc) is 2.91. The molecular formula is C33H21N. The molecule has 158 valence electrons. The zero-order valence-corrected chi connectivity index (χ0v) is 18.6. The van der Waals surface area contributed by atoms with E-state index in [4.69, 9.17) is 4.98 Å². The highest BCUT2D eigenvalue weighted by molar-refractivity contribution is 6.08. The SMILES string of the molecule is c1cc(-c2ccc3ccc4ccccc4c3c2)cc(-c2ccc3cc4ccccc4cc3n2)c1. The first-order valence-corrected chi connectivity index (χ1v) is 11.6. The van der Waals surface area contributed by atoms with E-state index in [1.54, 1.807) is 0 Å². The molecule has 1 nitrogen and oxygen atoms in total. The summed E-state index contributed by atoms with van der Waals surface area (Å²) in [4.78, 5) is 5.02. The molecule has 6 aromatic carbocycles. The number of hydrogen-bond acceptors (Lipinski definition) is 1. The third kappa shape index (κ3) is 3.14. The highest BCUT2D eigenvalue weighted by Crippen LogP contribution is 2.32. The van der Waals surface area contributed by atoms with Crippen molar-refractivity contribution in [2.24, 2.45) is 0 Å². The fourth-order valence-electron chi connectivity index (χ4n) is 5.01. The van der Waals surface area contributed by atoms with Crippen molar-refractivity contribution >= 4 is 43.2 Å². The molecular weight excluding hydrogens is 410 g/mol. The van der Waals surface area contributed by atoms with Crippen molar-refractivity contribution in [2.45, 2.75) is 0 Å². The second-order valence-electron chi connectivity index (χ2n) is 8.89. The van der Waals surface area contributed by atoms with Crippen molar-refractivity contribution < 1.29 is 0 Å². The standard InChI is InChI=1S/C33H21N/c1-2-8-26-21-33-29(19-24(26)7-1)16-17-32(34-33)28-10-5-9-25(18-28)27-15-14-23-13-12-22-6-3-4-11-30(22)31(23)20-27/h1-21H. The Labute approximate surface area is 197 Å². The van der Waals surface area contributed by atoms with Gasteiger partial charge in [0.1, 0.15) is 0 Å². The summed E-state index contributed by atoms with van der Waals surface area (Å²) in [5.74, 6) is 0. The van der Waals surface area contributed by atoms with Gasteiger partial charge >= 0.3 is 0 Å². The molecule has 0 spiro atoms. The Hall–Kier alpha value is -4.49. The first-order valence-electron chi connectivity index (χ1n) is 11.6. The largest absolute Gasteiger partial charge is 0.248 e. The maximum Gasteiger partial charge on any atom is 0.0715 e. The Morgan fingerprint density at radius 2 is 1.00 bits per heavy atom. The summed E-state index contributed by atoms with van der Waals surface area (Å²) in [7, 11) is 0. The van der Waals surface area contributed by atoms with Crippen LogP contribution in [-0.4, -0.2) is 4.98 Å². The Kier molecular flexibility index (Phi) is 4.22. The maximum absolute atomic E-state index is 5.02. The summed E-state index contributed by atoms with van der Waals surface area (Å²) >= 11 is 0. The molecule has 0 saturated carbocycles. The van der Waals surface area contributed by atoms with Crippen molar-refractivity contribution in [3.8, 4) is 22.4 Å². The van der Waals surface area contributed by atoms with Gasteiger partial charge < -0.3 is 0 Å². The van der Waals surface area contributed by atoms with Crippen LogP contribution in [0.2, 0.25) is 0 Å². The number of rotatable bonds is 2. The van der Waals surface area contributed by atoms with Crippen LogP contribution in [0.15, 0.2) is 127 Å². The molecule has 0 atom stereocenters. The molecule has 0 aliphatic heterocycles. The van der Waals surface area contributed by atoms with E-state index in [1.165, 1.54) is 48.8 Å². The van der Waals surface area contributed by atoms with Gasteiger partial charge in [-0.05, 0) is 73.8 Å². The third-order valence-electron chi connectivity index (χ3n) is 6.80. The van der Waals surface area contributed by atoms with Crippen LogP contribution >= 0.6 is 0 Å². The van der Waals surface area contributed by atoms with Crippen molar-refractivity contribution in [3.63, 3.8) is 0 Å². The minimum absolute atomic E-state index is 0.996. The zero-order chi connectivity index (χ0) is 22.5. The predicted octanol–water partition coefficient (Wildman–Crippen LogP) is 9.03. The molecule has 7 aromatic rings. The number of fused-ring (bicyclic) bond motifs is 5. The highest BCUT2D eigenvalue weighted by atomic mass is 14.7. The molecule has 34 heavy (non-hydrogen) atoms. The number of nitrogens with zero attached hydrogens (tertiary/aromatic N) is 1. The van der Waals surface area contributed by atoms with E-state index in [1.807, 2.05) is 0 Å². The molecule has 0 radical (unpaired) electrons. The number of hydrogen-bond donors (Lipinski definition) is 0. The smallest absolute Gasteiger partial charge is 0.0715 e. The van der Waals surface area contributed by atoms with E-state index >= 15 is 0 Å². The van der Waals surface area contributed by atoms with E-state index in [2.05, 4.69) is 127 Å². The molecule has 7 rings (SSSR count). The van der Waals surface area contributed by atoms with Gasteiger partial charge in [0, 0.05) is 10.9 Å². The van der Waals surface area contributed by atoms with E-state index in [0.29, 0.717) is 0 Å². The van der Waals surface area contributed by atoms with Gasteiger partial charge in [-0.1, -0.05) is 97.1 Å². The van der Waals surface area contributed by atoms with Crippen molar-refractivity contribution in [1.29, 1.82) is 0 Å². The first kappa shape index (κ1) is 19.0. The Bertz CT molecular complexity index is 1860. The Morgan fingerprint density at radius 1 is 0.353 bits per heavy atom. The van der Waals surface area contributed by atoms with Gasteiger partial charge in [-0.15, -0.1) is 0 Å². The predicted molar refractivity (Wildman–Crippen MR) is 145 cm³/mol. The lowest BCUT2D eigenvalue weighted by molar-refractivity contribution is 1.40. The van der Waals surface area contributed by atoms with E-state index < -0.39 is 0 Å². The van der Waals surface area contributed by atoms with Crippen LogP contribution < -0.4 is 0 Å². The van der Waals surface area contributed by atoms with Gasteiger partial charge in [0.2, 0.25) is 0 Å². The molecule has 0 bridgehead atoms. The highest BCUT2D eigenvalue weighted by Gasteiger charge is 2.07.